The van der Waals surface area contributed by atoms with Crippen LogP contribution in [0.25, 0.3) is 0 Å². The van der Waals surface area contributed by atoms with E-state index < -0.39 is 0 Å². The van der Waals surface area contributed by atoms with Crippen molar-refractivity contribution in [3.8, 4) is 5.75 Å². The fourth-order valence-electron chi connectivity index (χ4n) is 1.49. The monoisotopic (exact) mass is 256 g/mol. The lowest BCUT2D eigenvalue weighted by Crippen LogP contribution is -2.23. The molecule has 0 amide bonds. The number of benzene rings is 1. The fraction of sp³-hybridized carbons (Fsp3) is 0.538. The number of rotatable bonds is 7. The third kappa shape index (κ3) is 5.39. The predicted octanol–water partition coefficient (Wildman–Crippen LogP) is 2.57. The minimum atomic E-state index is 0.242. The number of hydrogen-bond donors (Lipinski definition) is 2. The molecule has 0 aliphatic carbocycles. The van der Waals surface area contributed by atoms with Crippen LogP contribution in [0.4, 0.5) is 0 Å². The van der Waals surface area contributed by atoms with Crippen LogP contribution in [0, 0.1) is 0 Å². The lowest BCUT2D eigenvalue weighted by atomic mass is 10.2. The van der Waals surface area contributed by atoms with Crippen molar-refractivity contribution >= 4 is 11.6 Å². The van der Waals surface area contributed by atoms with Crippen LogP contribution in [0.1, 0.15) is 25.8 Å². The average Bonchev–Trinajstić information content (AvgIpc) is 2.28. The topological polar surface area (TPSA) is 47.3 Å². The summed E-state index contributed by atoms with van der Waals surface area (Å²) in [5.41, 5.74) is 6.83. The van der Waals surface area contributed by atoms with E-state index in [2.05, 4.69) is 5.32 Å². The van der Waals surface area contributed by atoms with E-state index in [1.807, 2.05) is 32.0 Å². The van der Waals surface area contributed by atoms with E-state index in [1.165, 1.54) is 0 Å². The molecule has 0 saturated heterocycles. The molecule has 0 saturated carbocycles. The number of halogens is 1. The molecule has 1 unspecified atom stereocenters. The van der Waals surface area contributed by atoms with Crippen molar-refractivity contribution < 1.29 is 4.74 Å². The number of ether oxygens (including phenoxy) is 1. The Morgan fingerprint density at radius 1 is 1.47 bits per heavy atom. The Balaban J connectivity index is 2.41. The summed E-state index contributed by atoms with van der Waals surface area (Å²) in [6.07, 6.45) is 0.977. The Morgan fingerprint density at radius 3 is 2.82 bits per heavy atom. The van der Waals surface area contributed by atoms with Gasteiger partial charge in [-0.1, -0.05) is 17.7 Å². The number of hydrogen-bond acceptors (Lipinski definition) is 3. The van der Waals surface area contributed by atoms with Gasteiger partial charge < -0.3 is 15.8 Å². The molecule has 1 aromatic carbocycles. The van der Waals surface area contributed by atoms with Crippen molar-refractivity contribution in [2.45, 2.75) is 32.9 Å². The van der Waals surface area contributed by atoms with E-state index in [-0.39, 0.29) is 6.04 Å². The third-order valence-corrected chi connectivity index (χ3v) is 2.70. The van der Waals surface area contributed by atoms with Crippen molar-refractivity contribution in [3.63, 3.8) is 0 Å². The Labute approximate surface area is 108 Å². The molecule has 0 aromatic heterocycles. The first-order chi connectivity index (χ1) is 8.13. The highest BCUT2D eigenvalue weighted by atomic mass is 35.5. The molecule has 0 heterocycles. The molecular formula is C13H21ClN2O. The van der Waals surface area contributed by atoms with Gasteiger partial charge in [0.1, 0.15) is 5.75 Å². The van der Waals surface area contributed by atoms with E-state index in [1.54, 1.807) is 0 Å². The van der Waals surface area contributed by atoms with Gasteiger partial charge in [0, 0.05) is 12.6 Å². The van der Waals surface area contributed by atoms with E-state index in [0.717, 1.165) is 30.8 Å². The maximum atomic E-state index is 6.10. The molecule has 1 rings (SSSR count). The minimum Gasteiger partial charge on any atom is -0.492 e. The van der Waals surface area contributed by atoms with Crippen molar-refractivity contribution in [3.05, 3.63) is 28.8 Å². The standard InChI is InChI=1S/C13H21ClN2O/c1-3-17-13-5-4-11(8-12(13)14)9-16-7-6-10(2)15/h4-5,8,10,16H,3,6-7,9,15H2,1-2H3. The smallest absolute Gasteiger partial charge is 0.137 e. The SMILES string of the molecule is CCOc1ccc(CNCCC(C)N)cc1Cl. The first-order valence-electron chi connectivity index (χ1n) is 6.01. The molecule has 0 aliphatic rings. The van der Waals surface area contributed by atoms with Crippen LogP contribution in [-0.4, -0.2) is 19.2 Å². The van der Waals surface area contributed by atoms with Crippen molar-refractivity contribution in [1.82, 2.24) is 5.32 Å². The van der Waals surface area contributed by atoms with E-state index in [4.69, 9.17) is 22.1 Å². The second-order valence-electron chi connectivity index (χ2n) is 4.14. The van der Waals surface area contributed by atoms with Crippen LogP contribution in [0.3, 0.4) is 0 Å². The molecule has 0 aliphatic heterocycles. The first kappa shape index (κ1) is 14.3. The van der Waals surface area contributed by atoms with Gasteiger partial charge in [0.25, 0.3) is 0 Å². The van der Waals surface area contributed by atoms with Crippen LogP contribution in [-0.2, 0) is 6.54 Å². The zero-order valence-corrected chi connectivity index (χ0v) is 11.3. The lowest BCUT2D eigenvalue weighted by Gasteiger charge is -2.09. The van der Waals surface area contributed by atoms with Crippen molar-refractivity contribution in [1.29, 1.82) is 0 Å². The van der Waals surface area contributed by atoms with Crippen LogP contribution < -0.4 is 15.8 Å². The van der Waals surface area contributed by atoms with Gasteiger partial charge in [-0.25, -0.2) is 0 Å². The zero-order valence-electron chi connectivity index (χ0n) is 10.5. The van der Waals surface area contributed by atoms with E-state index in [9.17, 15) is 0 Å². The predicted molar refractivity (Wildman–Crippen MR) is 72.6 cm³/mol. The minimum absolute atomic E-state index is 0.242. The summed E-state index contributed by atoms with van der Waals surface area (Å²) in [6.45, 7) is 6.31. The van der Waals surface area contributed by atoms with Gasteiger partial charge in [-0.05, 0) is 44.5 Å². The Morgan fingerprint density at radius 2 is 2.24 bits per heavy atom. The van der Waals surface area contributed by atoms with Gasteiger partial charge >= 0.3 is 0 Å². The molecule has 0 bridgehead atoms. The molecule has 1 atom stereocenters. The lowest BCUT2D eigenvalue weighted by molar-refractivity contribution is 0.340. The summed E-state index contributed by atoms with van der Waals surface area (Å²) in [7, 11) is 0. The molecule has 3 nitrogen and oxygen atoms in total. The molecule has 0 fully saturated rings. The first-order valence-corrected chi connectivity index (χ1v) is 6.38. The molecule has 1 aromatic rings. The fourth-order valence-corrected chi connectivity index (χ4v) is 1.75. The zero-order chi connectivity index (χ0) is 12.7. The second-order valence-corrected chi connectivity index (χ2v) is 4.55. The van der Waals surface area contributed by atoms with E-state index in [0.29, 0.717) is 11.6 Å². The molecule has 96 valence electrons. The summed E-state index contributed by atoms with van der Waals surface area (Å²) in [5.74, 6) is 0.744. The highest BCUT2D eigenvalue weighted by Crippen LogP contribution is 2.25. The largest absolute Gasteiger partial charge is 0.492 e. The highest BCUT2D eigenvalue weighted by Gasteiger charge is 2.02. The third-order valence-electron chi connectivity index (χ3n) is 2.40. The van der Waals surface area contributed by atoms with Gasteiger partial charge in [-0.2, -0.15) is 0 Å². The Hall–Kier alpha value is -0.770. The van der Waals surface area contributed by atoms with Crippen LogP contribution in [0.15, 0.2) is 18.2 Å². The summed E-state index contributed by atoms with van der Waals surface area (Å²) in [4.78, 5) is 0. The number of nitrogens with one attached hydrogen (secondary N) is 1. The summed E-state index contributed by atoms with van der Waals surface area (Å²) in [6, 6.07) is 6.11. The van der Waals surface area contributed by atoms with Gasteiger partial charge in [0.15, 0.2) is 0 Å². The highest BCUT2D eigenvalue weighted by molar-refractivity contribution is 6.32. The molecule has 0 spiro atoms. The Kier molecular flexibility index (Phi) is 6.34. The summed E-state index contributed by atoms with van der Waals surface area (Å²) >= 11 is 6.10. The van der Waals surface area contributed by atoms with Crippen molar-refractivity contribution in [2.24, 2.45) is 5.73 Å². The Bertz CT molecular complexity index is 342. The van der Waals surface area contributed by atoms with Gasteiger partial charge in [0.05, 0.1) is 11.6 Å². The maximum absolute atomic E-state index is 6.10. The molecule has 17 heavy (non-hydrogen) atoms. The summed E-state index contributed by atoms with van der Waals surface area (Å²) < 4.78 is 5.38. The van der Waals surface area contributed by atoms with Crippen molar-refractivity contribution in [2.75, 3.05) is 13.2 Å². The molecule has 4 heteroatoms. The van der Waals surface area contributed by atoms with Crippen LogP contribution >= 0.6 is 11.6 Å². The van der Waals surface area contributed by atoms with Gasteiger partial charge in [0.2, 0.25) is 0 Å². The normalized spacial score (nSPS) is 12.5. The number of nitrogens with two attached hydrogens (primary N) is 1. The van der Waals surface area contributed by atoms with Gasteiger partial charge in [-0.3, -0.25) is 0 Å². The average molecular weight is 257 g/mol. The van der Waals surface area contributed by atoms with Crippen LogP contribution in [0.2, 0.25) is 5.02 Å². The quantitative estimate of drug-likeness (QED) is 0.737. The molecular weight excluding hydrogens is 236 g/mol. The maximum Gasteiger partial charge on any atom is 0.137 e. The van der Waals surface area contributed by atoms with E-state index >= 15 is 0 Å². The molecule has 0 radical (unpaired) electrons. The summed E-state index contributed by atoms with van der Waals surface area (Å²) in [5, 5.41) is 4.00. The second kappa shape index (κ2) is 7.54. The van der Waals surface area contributed by atoms with Crippen LogP contribution in [0.5, 0.6) is 5.75 Å². The van der Waals surface area contributed by atoms with Gasteiger partial charge in [-0.15, -0.1) is 0 Å². The molecule has 3 N–H and O–H groups in total.